The standard InChI is InChI=1S/C11H11F3N4O/c12-7-1-8(15)9(2-10(7)19-11(13)14)16-3-6-4-17-18-5-6/h1-2,4-5,11,16H,3,15H2,(H,17,18). The Balaban J connectivity index is 2.15. The quantitative estimate of drug-likeness (QED) is 0.730. The molecule has 0 fully saturated rings. The Kier molecular flexibility index (Phi) is 3.79. The summed E-state index contributed by atoms with van der Waals surface area (Å²) in [5.74, 6) is -1.49. The third-order valence-corrected chi connectivity index (χ3v) is 2.36. The smallest absolute Gasteiger partial charge is 0.387 e. The van der Waals surface area contributed by atoms with E-state index >= 15 is 0 Å². The third kappa shape index (κ3) is 3.30. The van der Waals surface area contributed by atoms with Crippen LogP contribution in [0, 0.1) is 5.82 Å². The van der Waals surface area contributed by atoms with Crippen LogP contribution in [0.2, 0.25) is 0 Å². The number of ether oxygens (including phenoxy) is 1. The van der Waals surface area contributed by atoms with Crippen LogP contribution < -0.4 is 15.8 Å². The molecule has 0 aliphatic rings. The molecule has 102 valence electrons. The van der Waals surface area contributed by atoms with E-state index in [0.29, 0.717) is 12.2 Å². The Morgan fingerprint density at radius 2 is 2.21 bits per heavy atom. The van der Waals surface area contributed by atoms with E-state index in [4.69, 9.17) is 5.73 Å². The molecule has 0 atom stereocenters. The van der Waals surface area contributed by atoms with Crippen LogP contribution in [-0.2, 0) is 6.54 Å². The molecule has 0 bridgehead atoms. The predicted molar refractivity (Wildman–Crippen MR) is 63.4 cm³/mol. The molecule has 0 saturated carbocycles. The molecular formula is C11H11F3N4O. The van der Waals surface area contributed by atoms with Gasteiger partial charge in [-0.15, -0.1) is 0 Å². The average Bonchev–Trinajstić information content (AvgIpc) is 2.83. The van der Waals surface area contributed by atoms with Gasteiger partial charge in [0.1, 0.15) is 0 Å². The number of rotatable bonds is 5. The fourth-order valence-electron chi connectivity index (χ4n) is 1.48. The van der Waals surface area contributed by atoms with Crippen molar-refractivity contribution in [2.75, 3.05) is 11.1 Å². The van der Waals surface area contributed by atoms with Crippen LogP contribution in [0.3, 0.4) is 0 Å². The summed E-state index contributed by atoms with van der Waals surface area (Å²) in [6.45, 7) is -2.74. The van der Waals surface area contributed by atoms with Gasteiger partial charge < -0.3 is 15.8 Å². The normalized spacial score (nSPS) is 10.7. The predicted octanol–water partition coefficient (Wildman–Crippen LogP) is 2.34. The summed E-state index contributed by atoms with van der Waals surface area (Å²) in [6, 6.07) is 2.02. The van der Waals surface area contributed by atoms with Crippen molar-refractivity contribution in [3.8, 4) is 5.75 Å². The highest BCUT2D eigenvalue weighted by atomic mass is 19.3. The van der Waals surface area contributed by atoms with E-state index in [1.165, 1.54) is 0 Å². The molecule has 0 saturated heterocycles. The second-order valence-corrected chi connectivity index (χ2v) is 3.71. The van der Waals surface area contributed by atoms with Crippen molar-refractivity contribution in [2.24, 2.45) is 0 Å². The molecular weight excluding hydrogens is 261 g/mol. The van der Waals surface area contributed by atoms with E-state index < -0.39 is 18.2 Å². The van der Waals surface area contributed by atoms with Gasteiger partial charge >= 0.3 is 6.61 Å². The molecule has 0 aliphatic heterocycles. The number of nitrogens with one attached hydrogen (secondary N) is 2. The van der Waals surface area contributed by atoms with Gasteiger partial charge in [0.05, 0.1) is 17.6 Å². The van der Waals surface area contributed by atoms with Gasteiger partial charge in [0.2, 0.25) is 0 Å². The van der Waals surface area contributed by atoms with Gasteiger partial charge in [-0.3, -0.25) is 5.10 Å². The van der Waals surface area contributed by atoms with Gasteiger partial charge in [-0.05, 0) is 0 Å². The molecule has 1 aromatic carbocycles. The van der Waals surface area contributed by atoms with Crippen molar-refractivity contribution >= 4 is 11.4 Å². The van der Waals surface area contributed by atoms with Crippen molar-refractivity contribution in [2.45, 2.75) is 13.2 Å². The molecule has 4 N–H and O–H groups in total. The number of nitrogens with zero attached hydrogens (tertiary/aromatic N) is 1. The van der Waals surface area contributed by atoms with Gasteiger partial charge in [-0.25, -0.2) is 4.39 Å². The first-order valence-electron chi connectivity index (χ1n) is 5.31. The Morgan fingerprint density at radius 3 is 2.84 bits per heavy atom. The maximum absolute atomic E-state index is 13.3. The molecule has 19 heavy (non-hydrogen) atoms. The monoisotopic (exact) mass is 272 g/mol. The molecule has 5 nitrogen and oxygen atoms in total. The summed E-state index contributed by atoms with van der Waals surface area (Å²) in [4.78, 5) is 0. The zero-order valence-electron chi connectivity index (χ0n) is 9.66. The van der Waals surface area contributed by atoms with E-state index in [0.717, 1.165) is 17.7 Å². The minimum atomic E-state index is -3.10. The second kappa shape index (κ2) is 5.51. The summed E-state index contributed by atoms with van der Waals surface area (Å²) >= 11 is 0. The number of H-pyrrole nitrogens is 1. The summed E-state index contributed by atoms with van der Waals surface area (Å²) in [5, 5.41) is 9.25. The lowest BCUT2D eigenvalue weighted by Crippen LogP contribution is -2.07. The SMILES string of the molecule is Nc1cc(F)c(OC(F)F)cc1NCc1cn[nH]c1. The Labute approximate surface area is 106 Å². The van der Waals surface area contributed by atoms with Crippen LogP contribution in [0.5, 0.6) is 5.75 Å². The van der Waals surface area contributed by atoms with Gasteiger partial charge in [0.15, 0.2) is 11.6 Å². The van der Waals surface area contributed by atoms with Crippen molar-refractivity contribution in [3.05, 3.63) is 35.9 Å². The summed E-state index contributed by atoms with van der Waals surface area (Å²) in [7, 11) is 0. The summed E-state index contributed by atoms with van der Waals surface area (Å²) in [6.07, 6.45) is 3.24. The van der Waals surface area contributed by atoms with Crippen LogP contribution in [0.4, 0.5) is 24.5 Å². The number of benzene rings is 1. The van der Waals surface area contributed by atoms with Crippen molar-refractivity contribution < 1.29 is 17.9 Å². The van der Waals surface area contributed by atoms with E-state index in [1.54, 1.807) is 12.4 Å². The Bertz CT molecular complexity index is 545. The molecule has 0 radical (unpaired) electrons. The first-order valence-corrected chi connectivity index (χ1v) is 5.31. The molecule has 1 aromatic heterocycles. The first-order chi connectivity index (χ1) is 9.06. The number of hydrogen-bond donors (Lipinski definition) is 3. The molecule has 1 heterocycles. The van der Waals surface area contributed by atoms with Gasteiger partial charge in [0.25, 0.3) is 0 Å². The number of aromatic amines is 1. The largest absolute Gasteiger partial charge is 0.432 e. The number of halogens is 3. The fourth-order valence-corrected chi connectivity index (χ4v) is 1.48. The van der Waals surface area contributed by atoms with Gasteiger partial charge in [0, 0.05) is 30.4 Å². The van der Waals surface area contributed by atoms with Crippen LogP contribution >= 0.6 is 0 Å². The number of anilines is 2. The molecule has 0 spiro atoms. The zero-order chi connectivity index (χ0) is 13.8. The van der Waals surface area contributed by atoms with Crippen molar-refractivity contribution in [3.63, 3.8) is 0 Å². The number of hydrogen-bond acceptors (Lipinski definition) is 4. The maximum Gasteiger partial charge on any atom is 0.387 e. The number of nitrogens with two attached hydrogens (primary N) is 1. The molecule has 2 rings (SSSR count). The van der Waals surface area contributed by atoms with Gasteiger partial charge in [-0.2, -0.15) is 13.9 Å². The Morgan fingerprint density at radius 1 is 1.42 bits per heavy atom. The maximum atomic E-state index is 13.3. The minimum Gasteiger partial charge on any atom is -0.432 e. The number of nitrogen functional groups attached to an aromatic ring is 1. The molecule has 8 heteroatoms. The first kappa shape index (κ1) is 13.1. The Hall–Kier alpha value is -2.38. The van der Waals surface area contributed by atoms with Crippen molar-refractivity contribution in [1.82, 2.24) is 10.2 Å². The van der Waals surface area contributed by atoms with Crippen LogP contribution in [0.1, 0.15) is 5.56 Å². The van der Waals surface area contributed by atoms with Gasteiger partial charge in [-0.1, -0.05) is 0 Å². The fraction of sp³-hybridized carbons (Fsp3) is 0.182. The third-order valence-electron chi connectivity index (χ3n) is 2.36. The van der Waals surface area contributed by atoms with Crippen molar-refractivity contribution in [1.29, 1.82) is 0 Å². The number of alkyl halides is 2. The highest BCUT2D eigenvalue weighted by molar-refractivity contribution is 5.68. The molecule has 0 amide bonds. The number of aromatic nitrogens is 2. The van der Waals surface area contributed by atoms with E-state index in [-0.39, 0.29) is 5.69 Å². The lowest BCUT2D eigenvalue weighted by atomic mass is 10.2. The minimum absolute atomic E-state index is 0.0996. The van der Waals surface area contributed by atoms with Crippen LogP contribution in [0.15, 0.2) is 24.5 Å². The van der Waals surface area contributed by atoms with E-state index in [9.17, 15) is 13.2 Å². The highest BCUT2D eigenvalue weighted by Crippen LogP contribution is 2.29. The van der Waals surface area contributed by atoms with Crippen LogP contribution in [-0.4, -0.2) is 16.8 Å². The highest BCUT2D eigenvalue weighted by Gasteiger charge is 2.13. The zero-order valence-corrected chi connectivity index (χ0v) is 9.66. The van der Waals surface area contributed by atoms with Crippen LogP contribution in [0.25, 0.3) is 0 Å². The topological polar surface area (TPSA) is 76.0 Å². The average molecular weight is 272 g/mol. The second-order valence-electron chi connectivity index (χ2n) is 3.71. The van der Waals surface area contributed by atoms with E-state index in [1.807, 2.05) is 0 Å². The molecule has 0 unspecified atom stereocenters. The lowest BCUT2D eigenvalue weighted by molar-refractivity contribution is -0.0521. The molecule has 2 aromatic rings. The molecule has 0 aliphatic carbocycles. The summed E-state index contributed by atoms with van der Waals surface area (Å²) in [5.41, 5.74) is 6.83. The lowest BCUT2D eigenvalue weighted by Gasteiger charge is -2.12. The van der Waals surface area contributed by atoms with E-state index in [2.05, 4.69) is 20.3 Å². The summed E-state index contributed by atoms with van der Waals surface area (Å²) < 4.78 is 41.6.